The number of rotatable bonds is 8. The van der Waals surface area contributed by atoms with Gasteiger partial charge in [0, 0.05) is 45.4 Å². The van der Waals surface area contributed by atoms with Crippen LogP contribution in [-0.2, 0) is 14.6 Å². The molecule has 26 heavy (non-hydrogen) atoms. The summed E-state index contributed by atoms with van der Waals surface area (Å²) < 4.78 is 23.2. The molecule has 1 amide bonds. The standard InChI is InChI=1S/C18H34N4O3S/c1-5-19-16(20-12-17(10-11-17)14-26(4,24)25)21-13-18(8-6-7-9-18)15(23)22(2)3/h5-14H2,1-4H3,(H2,19,20,21). The minimum atomic E-state index is -3.00. The predicted octanol–water partition coefficient (Wildman–Crippen LogP) is 1.01. The third kappa shape index (κ3) is 5.59. The van der Waals surface area contributed by atoms with Crippen LogP contribution in [0.15, 0.2) is 4.99 Å². The van der Waals surface area contributed by atoms with Crippen molar-refractivity contribution in [2.75, 3.05) is 45.7 Å². The Morgan fingerprint density at radius 2 is 1.73 bits per heavy atom. The quantitative estimate of drug-likeness (QED) is 0.480. The van der Waals surface area contributed by atoms with Crippen LogP contribution in [0.25, 0.3) is 0 Å². The van der Waals surface area contributed by atoms with Gasteiger partial charge in [-0.15, -0.1) is 0 Å². The number of carbonyl (C=O) groups is 1. The molecule has 8 heteroatoms. The molecule has 2 aliphatic carbocycles. The number of nitrogens with zero attached hydrogens (tertiary/aromatic N) is 2. The second kappa shape index (κ2) is 8.15. The Morgan fingerprint density at radius 1 is 1.12 bits per heavy atom. The lowest BCUT2D eigenvalue weighted by molar-refractivity contribution is -0.138. The molecular formula is C18H34N4O3S. The zero-order chi connectivity index (χ0) is 19.4. The van der Waals surface area contributed by atoms with Crippen LogP contribution in [0.1, 0.15) is 45.4 Å². The Bertz CT molecular complexity index is 633. The number of amides is 1. The van der Waals surface area contributed by atoms with Gasteiger partial charge in [0.05, 0.1) is 11.2 Å². The SMILES string of the molecule is CCNC(=NCC1(CS(C)(=O)=O)CC1)NCC1(C(=O)N(C)C)CCCC1. The number of carbonyl (C=O) groups excluding carboxylic acids is 1. The summed E-state index contributed by atoms with van der Waals surface area (Å²) >= 11 is 0. The molecule has 0 bridgehead atoms. The van der Waals surface area contributed by atoms with Gasteiger partial charge in [-0.2, -0.15) is 0 Å². The zero-order valence-electron chi connectivity index (χ0n) is 16.6. The van der Waals surface area contributed by atoms with Crippen molar-refractivity contribution in [1.29, 1.82) is 0 Å². The number of aliphatic imine (C=N–C) groups is 1. The van der Waals surface area contributed by atoms with E-state index in [1.165, 1.54) is 6.26 Å². The highest BCUT2D eigenvalue weighted by molar-refractivity contribution is 7.90. The molecule has 0 heterocycles. The molecule has 2 N–H and O–H groups in total. The van der Waals surface area contributed by atoms with Gasteiger partial charge in [0.1, 0.15) is 9.84 Å². The minimum Gasteiger partial charge on any atom is -0.357 e. The van der Waals surface area contributed by atoms with Crippen molar-refractivity contribution < 1.29 is 13.2 Å². The van der Waals surface area contributed by atoms with Crippen LogP contribution in [0.3, 0.4) is 0 Å². The highest BCUT2D eigenvalue weighted by atomic mass is 32.2. The first-order valence-electron chi connectivity index (χ1n) is 9.53. The van der Waals surface area contributed by atoms with E-state index in [2.05, 4.69) is 15.6 Å². The molecule has 0 aromatic rings. The third-order valence-electron chi connectivity index (χ3n) is 5.46. The van der Waals surface area contributed by atoms with Crippen molar-refractivity contribution in [2.45, 2.75) is 45.4 Å². The Kier molecular flexibility index (Phi) is 6.58. The molecule has 150 valence electrons. The van der Waals surface area contributed by atoms with Crippen molar-refractivity contribution in [3.8, 4) is 0 Å². The largest absolute Gasteiger partial charge is 0.357 e. The van der Waals surface area contributed by atoms with Gasteiger partial charge in [-0.05, 0) is 32.6 Å². The average Bonchev–Trinajstić information content (AvgIpc) is 3.12. The summed E-state index contributed by atoms with van der Waals surface area (Å²) in [7, 11) is 0.623. The van der Waals surface area contributed by atoms with E-state index < -0.39 is 9.84 Å². The van der Waals surface area contributed by atoms with E-state index >= 15 is 0 Å². The van der Waals surface area contributed by atoms with E-state index in [-0.39, 0.29) is 22.5 Å². The summed E-state index contributed by atoms with van der Waals surface area (Å²) in [5.41, 5.74) is -0.551. The van der Waals surface area contributed by atoms with Gasteiger partial charge < -0.3 is 15.5 Å². The second-order valence-electron chi connectivity index (χ2n) is 8.31. The number of guanidine groups is 1. The smallest absolute Gasteiger partial charge is 0.230 e. The Labute approximate surface area is 157 Å². The summed E-state index contributed by atoms with van der Waals surface area (Å²) in [6, 6.07) is 0. The van der Waals surface area contributed by atoms with Gasteiger partial charge in [-0.3, -0.25) is 9.79 Å². The maximum atomic E-state index is 12.7. The molecule has 0 atom stereocenters. The lowest BCUT2D eigenvalue weighted by Crippen LogP contribution is -2.49. The topological polar surface area (TPSA) is 90.9 Å². The summed E-state index contributed by atoms with van der Waals surface area (Å²) in [5.74, 6) is 1.05. The van der Waals surface area contributed by atoms with Crippen LogP contribution in [0.4, 0.5) is 0 Å². The Morgan fingerprint density at radius 3 is 2.19 bits per heavy atom. The molecule has 2 aliphatic rings. The fraction of sp³-hybridized carbons (Fsp3) is 0.889. The average molecular weight is 387 g/mol. The fourth-order valence-corrected chi connectivity index (χ4v) is 5.41. The normalized spacial score (nSPS) is 21.3. The molecule has 0 spiro atoms. The molecule has 0 aromatic heterocycles. The van der Waals surface area contributed by atoms with Crippen LogP contribution in [-0.4, -0.2) is 70.9 Å². The Balaban J connectivity index is 2.02. The van der Waals surface area contributed by atoms with E-state index in [9.17, 15) is 13.2 Å². The van der Waals surface area contributed by atoms with E-state index in [0.29, 0.717) is 19.0 Å². The van der Waals surface area contributed by atoms with Gasteiger partial charge in [0.2, 0.25) is 5.91 Å². The molecule has 7 nitrogen and oxygen atoms in total. The van der Waals surface area contributed by atoms with Crippen LogP contribution in [0.2, 0.25) is 0 Å². The van der Waals surface area contributed by atoms with Crippen molar-refractivity contribution in [3.05, 3.63) is 0 Å². The number of hydrogen-bond acceptors (Lipinski definition) is 4. The summed E-state index contributed by atoms with van der Waals surface area (Å²) in [4.78, 5) is 19.0. The first-order valence-corrected chi connectivity index (χ1v) is 11.6. The lowest BCUT2D eigenvalue weighted by Gasteiger charge is -2.31. The van der Waals surface area contributed by atoms with Crippen molar-refractivity contribution in [2.24, 2.45) is 15.8 Å². The van der Waals surface area contributed by atoms with Crippen molar-refractivity contribution in [3.63, 3.8) is 0 Å². The maximum Gasteiger partial charge on any atom is 0.230 e. The van der Waals surface area contributed by atoms with Crippen molar-refractivity contribution >= 4 is 21.7 Å². The maximum absolute atomic E-state index is 12.7. The molecule has 2 rings (SSSR count). The number of sulfone groups is 1. The van der Waals surface area contributed by atoms with Crippen LogP contribution < -0.4 is 10.6 Å². The first-order chi connectivity index (χ1) is 12.1. The summed E-state index contributed by atoms with van der Waals surface area (Å²) in [6.07, 6.45) is 7.05. The predicted molar refractivity (Wildman–Crippen MR) is 105 cm³/mol. The molecule has 0 radical (unpaired) electrons. The molecule has 2 saturated carbocycles. The van der Waals surface area contributed by atoms with E-state index in [1.807, 2.05) is 21.0 Å². The molecule has 0 unspecified atom stereocenters. The second-order valence-corrected chi connectivity index (χ2v) is 10.4. The molecule has 0 aliphatic heterocycles. The number of nitrogens with one attached hydrogen (secondary N) is 2. The van der Waals surface area contributed by atoms with Crippen LogP contribution >= 0.6 is 0 Å². The van der Waals surface area contributed by atoms with Crippen LogP contribution in [0, 0.1) is 10.8 Å². The van der Waals surface area contributed by atoms with Crippen LogP contribution in [0.5, 0.6) is 0 Å². The fourth-order valence-electron chi connectivity index (χ4n) is 3.91. The van der Waals surface area contributed by atoms with Gasteiger partial charge >= 0.3 is 0 Å². The van der Waals surface area contributed by atoms with Gasteiger partial charge in [-0.1, -0.05) is 12.8 Å². The highest BCUT2D eigenvalue weighted by Gasteiger charge is 2.45. The van der Waals surface area contributed by atoms with E-state index in [1.54, 1.807) is 4.90 Å². The van der Waals surface area contributed by atoms with Gasteiger partial charge in [-0.25, -0.2) is 8.42 Å². The summed E-state index contributed by atoms with van der Waals surface area (Å²) in [5, 5.41) is 6.56. The van der Waals surface area contributed by atoms with Crippen molar-refractivity contribution in [1.82, 2.24) is 15.5 Å². The van der Waals surface area contributed by atoms with Gasteiger partial charge in [0.25, 0.3) is 0 Å². The molecule has 0 aromatic carbocycles. The molecular weight excluding hydrogens is 352 g/mol. The summed E-state index contributed by atoms with van der Waals surface area (Å²) in [6.45, 7) is 3.79. The Hall–Kier alpha value is -1.31. The zero-order valence-corrected chi connectivity index (χ0v) is 17.4. The number of hydrogen-bond donors (Lipinski definition) is 2. The van der Waals surface area contributed by atoms with Gasteiger partial charge in [0.15, 0.2) is 5.96 Å². The highest BCUT2D eigenvalue weighted by Crippen LogP contribution is 2.47. The first kappa shape index (κ1) is 21.0. The monoisotopic (exact) mass is 386 g/mol. The lowest BCUT2D eigenvalue weighted by atomic mass is 9.84. The van der Waals surface area contributed by atoms with E-state index in [0.717, 1.165) is 45.1 Å². The third-order valence-corrected chi connectivity index (χ3v) is 6.59. The molecule has 2 fully saturated rings. The molecule has 0 saturated heterocycles. The van der Waals surface area contributed by atoms with E-state index in [4.69, 9.17) is 0 Å². The minimum absolute atomic E-state index is 0.175.